The van der Waals surface area contributed by atoms with Gasteiger partial charge in [0.15, 0.2) is 11.5 Å². The summed E-state index contributed by atoms with van der Waals surface area (Å²) in [6, 6.07) is 29.0. The molecule has 202 valence electrons. The molecule has 7 heteroatoms. The van der Waals surface area contributed by atoms with Crippen LogP contribution >= 0.6 is 0 Å². The van der Waals surface area contributed by atoms with Gasteiger partial charge in [-0.15, -0.1) is 0 Å². The summed E-state index contributed by atoms with van der Waals surface area (Å²) in [4.78, 5) is 15.4. The lowest BCUT2D eigenvalue weighted by molar-refractivity contribution is 0.0740. The number of ether oxygens (including phenoxy) is 3. The molecular weight excluding hydrogens is 495 g/mol. The van der Waals surface area contributed by atoms with Crippen LogP contribution in [0.4, 0.5) is 4.39 Å². The van der Waals surface area contributed by atoms with Gasteiger partial charge in [-0.3, -0.25) is 4.79 Å². The maximum absolute atomic E-state index is 14.1. The van der Waals surface area contributed by atoms with Crippen LogP contribution in [-0.2, 0) is 19.8 Å². The van der Waals surface area contributed by atoms with Gasteiger partial charge in [0.05, 0.1) is 7.11 Å². The molecule has 0 aliphatic heterocycles. The summed E-state index contributed by atoms with van der Waals surface area (Å²) in [6.07, 6.45) is 0.638. The van der Waals surface area contributed by atoms with Gasteiger partial charge in [-0.05, 0) is 48.9 Å². The maximum Gasteiger partial charge on any atom is 0.254 e. The third kappa shape index (κ3) is 7.58. The number of carbonyl (C=O) groups is 1. The number of methoxy groups -OCH3 is 1. The molecule has 0 fully saturated rings. The van der Waals surface area contributed by atoms with E-state index >= 15 is 0 Å². The summed E-state index contributed by atoms with van der Waals surface area (Å²) in [6.45, 7) is 1.69. The lowest BCUT2D eigenvalue weighted by Crippen LogP contribution is -2.32. The normalized spacial score (nSPS) is 10.6. The Morgan fingerprint density at radius 1 is 0.795 bits per heavy atom. The zero-order valence-corrected chi connectivity index (χ0v) is 22.0. The Labute approximate surface area is 228 Å². The fourth-order valence-corrected chi connectivity index (χ4v) is 4.12. The number of benzene rings is 4. The molecule has 0 aliphatic rings. The Hall–Kier alpha value is -4.36. The van der Waals surface area contributed by atoms with Crippen molar-refractivity contribution in [2.75, 3.05) is 20.2 Å². The van der Waals surface area contributed by atoms with Gasteiger partial charge in [-0.25, -0.2) is 4.39 Å². The van der Waals surface area contributed by atoms with E-state index in [1.807, 2.05) is 54.6 Å². The summed E-state index contributed by atoms with van der Waals surface area (Å²) >= 11 is 0. The highest BCUT2D eigenvalue weighted by Gasteiger charge is 2.20. The van der Waals surface area contributed by atoms with Gasteiger partial charge in [-0.2, -0.15) is 0 Å². The molecule has 0 radical (unpaired) electrons. The predicted octanol–water partition coefficient (Wildman–Crippen LogP) is 5.98. The third-order valence-electron chi connectivity index (χ3n) is 6.24. The van der Waals surface area contributed by atoms with Crippen molar-refractivity contribution in [1.29, 1.82) is 0 Å². The number of halogens is 1. The molecular formula is C32H33FN2O4. The molecule has 4 aromatic rings. The third-order valence-corrected chi connectivity index (χ3v) is 6.24. The van der Waals surface area contributed by atoms with Crippen LogP contribution in [0.1, 0.15) is 33.5 Å². The van der Waals surface area contributed by atoms with Gasteiger partial charge in [0.25, 0.3) is 5.91 Å². The standard InChI is InChI=1S/C32H33FN2O4/c1-37-31-20-25(16-17-30(31)38-22-24-10-3-2-4-11-24)32(36)35(19-9-18-34)21-26-12-6-8-15-29(26)39-23-27-13-5-7-14-28(27)33/h2-8,10-17,20H,9,18-19,21-23,34H2,1H3. The van der Waals surface area contributed by atoms with Crippen molar-refractivity contribution < 1.29 is 23.4 Å². The van der Waals surface area contributed by atoms with Crippen LogP contribution in [0.5, 0.6) is 17.2 Å². The van der Waals surface area contributed by atoms with Crippen LogP contribution in [0.15, 0.2) is 97.1 Å². The van der Waals surface area contributed by atoms with E-state index in [2.05, 4.69) is 0 Å². The van der Waals surface area contributed by atoms with Crippen LogP contribution in [-0.4, -0.2) is 31.0 Å². The molecule has 0 unspecified atom stereocenters. The number of nitrogens with zero attached hydrogens (tertiary/aromatic N) is 1. The average molecular weight is 529 g/mol. The van der Waals surface area contributed by atoms with Gasteiger partial charge in [0.2, 0.25) is 0 Å². The van der Waals surface area contributed by atoms with Gasteiger partial charge < -0.3 is 24.8 Å². The van der Waals surface area contributed by atoms with Crippen molar-refractivity contribution in [3.05, 3.63) is 125 Å². The Kier molecular flexibility index (Phi) is 9.92. The van der Waals surface area contributed by atoms with Crippen LogP contribution in [0.3, 0.4) is 0 Å². The number of amides is 1. The van der Waals surface area contributed by atoms with Gasteiger partial charge in [0.1, 0.15) is 24.8 Å². The smallest absolute Gasteiger partial charge is 0.254 e. The second-order valence-electron chi connectivity index (χ2n) is 9.00. The average Bonchev–Trinajstić information content (AvgIpc) is 2.98. The van der Waals surface area contributed by atoms with E-state index in [1.54, 1.807) is 48.4 Å². The van der Waals surface area contributed by atoms with Gasteiger partial charge in [0, 0.05) is 29.8 Å². The van der Waals surface area contributed by atoms with Crippen molar-refractivity contribution in [3.8, 4) is 17.2 Å². The van der Waals surface area contributed by atoms with Crippen LogP contribution < -0.4 is 19.9 Å². The van der Waals surface area contributed by atoms with Crippen molar-refractivity contribution in [2.24, 2.45) is 5.73 Å². The number of rotatable bonds is 13. The zero-order chi connectivity index (χ0) is 27.5. The number of carbonyl (C=O) groups excluding carboxylic acids is 1. The fourth-order valence-electron chi connectivity index (χ4n) is 4.12. The molecule has 0 spiro atoms. The second-order valence-corrected chi connectivity index (χ2v) is 9.00. The second kappa shape index (κ2) is 14.0. The monoisotopic (exact) mass is 528 g/mol. The van der Waals surface area contributed by atoms with E-state index in [1.165, 1.54) is 6.07 Å². The molecule has 1 amide bonds. The first-order chi connectivity index (χ1) is 19.1. The van der Waals surface area contributed by atoms with Crippen molar-refractivity contribution in [2.45, 2.75) is 26.2 Å². The van der Waals surface area contributed by atoms with Crippen LogP contribution in [0.25, 0.3) is 0 Å². The highest BCUT2D eigenvalue weighted by atomic mass is 19.1. The number of hydrogen-bond donors (Lipinski definition) is 1. The minimum absolute atomic E-state index is 0.0854. The highest BCUT2D eigenvalue weighted by Crippen LogP contribution is 2.30. The molecule has 6 nitrogen and oxygen atoms in total. The predicted molar refractivity (Wildman–Crippen MR) is 149 cm³/mol. The van der Waals surface area contributed by atoms with E-state index in [0.29, 0.717) is 61.0 Å². The summed E-state index contributed by atoms with van der Waals surface area (Å²) in [5.74, 6) is 1.14. The van der Waals surface area contributed by atoms with E-state index in [-0.39, 0.29) is 18.3 Å². The fraction of sp³-hybridized carbons (Fsp3) is 0.219. The molecule has 4 aromatic carbocycles. The summed E-state index contributed by atoms with van der Waals surface area (Å²) in [5.41, 5.74) is 8.56. The van der Waals surface area contributed by atoms with Crippen molar-refractivity contribution in [1.82, 2.24) is 4.90 Å². The maximum atomic E-state index is 14.1. The molecule has 4 rings (SSSR count). The number of nitrogens with two attached hydrogens (primary N) is 1. The molecule has 0 saturated carbocycles. The topological polar surface area (TPSA) is 74.0 Å². The first-order valence-corrected chi connectivity index (χ1v) is 12.9. The van der Waals surface area contributed by atoms with Crippen molar-refractivity contribution in [3.63, 3.8) is 0 Å². The summed E-state index contributed by atoms with van der Waals surface area (Å²) in [5, 5.41) is 0. The van der Waals surface area contributed by atoms with Gasteiger partial charge >= 0.3 is 0 Å². The summed E-state index contributed by atoms with van der Waals surface area (Å²) in [7, 11) is 1.55. The Balaban J connectivity index is 1.50. The minimum atomic E-state index is -0.320. The Bertz CT molecular complexity index is 1360. The first-order valence-electron chi connectivity index (χ1n) is 12.9. The zero-order valence-electron chi connectivity index (χ0n) is 22.0. The minimum Gasteiger partial charge on any atom is -0.493 e. The molecule has 39 heavy (non-hydrogen) atoms. The molecule has 2 N–H and O–H groups in total. The SMILES string of the molecule is COc1cc(C(=O)N(CCCN)Cc2ccccc2OCc2ccccc2F)ccc1OCc1ccccc1. The van der Waals surface area contributed by atoms with E-state index in [9.17, 15) is 9.18 Å². The van der Waals surface area contributed by atoms with E-state index < -0.39 is 0 Å². The molecule has 0 atom stereocenters. The molecule has 0 bridgehead atoms. The number of hydrogen-bond acceptors (Lipinski definition) is 5. The molecule has 0 saturated heterocycles. The molecule has 0 aliphatic carbocycles. The summed E-state index contributed by atoms with van der Waals surface area (Å²) < 4.78 is 31.6. The largest absolute Gasteiger partial charge is 0.493 e. The molecule has 0 aromatic heterocycles. The highest BCUT2D eigenvalue weighted by molar-refractivity contribution is 5.95. The number of para-hydroxylation sites is 1. The Morgan fingerprint density at radius 3 is 2.23 bits per heavy atom. The first kappa shape index (κ1) is 27.7. The lowest BCUT2D eigenvalue weighted by atomic mass is 10.1. The Morgan fingerprint density at radius 2 is 1.49 bits per heavy atom. The molecule has 0 heterocycles. The van der Waals surface area contributed by atoms with Gasteiger partial charge in [-0.1, -0.05) is 66.7 Å². The van der Waals surface area contributed by atoms with Crippen LogP contribution in [0, 0.1) is 5.82 Å². The van der Waals surface area contributed by atoms with Crippen molar-refractivity contribution >= 4 is 5.91 Å². The van der Waals surface area contributed by atoms with Crippen LogP contribution in [0.2, 0.25) is 0 Å². The quantitative estimate of drug-likeness (QED) is 0.231. The lowest BCUT2D eigenvalue weighted by Gasteiger charge is -2.24. The van der Waals surface area contributed by atoms with E-state index in [0.717, 1.165) is 11.1 Å². The van der Waals surface area contributed by atoms with E-state index in [4.69, 9.17) is 19.9 Å².